The highest BCUT2D eigenvalue weighted by Crippen LogP contribution is 2.21. The number of rotatable bonds is 2. The minimum Gasteiger partial charge on any atom is -0.392 e. The number of hydrogen-bond donors (Lipinski definition) is 2. The predicted octanol–water partition coefficient (Wildman–Crippen LogP) is 0.604. The molecule has 0 bridgehead atoms. The van der Waals surface area contributed by atoms with E-state index in [1.807, 2.05) is 13.8 Å². The maximum atomic E-state index is 9.82. The van der Waals surface area contributed by atoms with Crippen molar-refractivity contribution >= 4 is 0 Å². The summed E-state index contributed by atoms with van der Waals surface area (Å²) in [6.07, 6.45) is 2.46. The zero-order valence-corrected chi connectivity index (χ0v) is 8.66. The largest absolute Gasteiger partial charge is 0.392 e. The van der Waals surface area contributed by atoms with Crippen molar-refractivity contribution in [3.8, 4) is 0 Å². The average Bonchev–Trinajstić information content (AvgIpc) is 2.12. The second-order valence-electron chi connectivity index (χ2n) is 4.50. The standard InChI is InChI=1S/C10H21NO2/c1-9(12)8-11-6-3-4-10(2,13)5-7-11/h9,12-13H,3-8H2,1-2H3/t9-,10?/m0/s1. The third kappa shape index (κ3) is 4.07. The Hall–Kier alpha value is -0.120. The summed E-state index contributed by atoms with van der Waals surface area (Å²) >= 11 is 0. The molecule has 1 aliphatic rings. The van der Waals surface area contributed by atoms with E-state index in [9.17, 15) is 10.2 Å². The summed E-state index contributed by atoms with van der Waals surface area (Å²) in [4.78, 5) is 2.23. The molecule has 0 aliphatic carbocycles. The van der Waals surface area contributed by atoms with Crippen LogP contribution in [0.1, 0.15) is 33.1 Å². The summed E-state index contributed by atoms with van der Waals surface area (Å²) in [6.45, 7) is 6.34. The topological polar surface area (TPSA) is 43.7 Å². The second kappa shape index (κ2) is 4.40. The van der Waals surface area contributed by atoms with Crippen LogP contribution in [0.4, 0.5) is 0 Å². The molecule has 3 nitrogen and oxygen atoms in total. The van der Waals surface area contributed by atoms with Crippen LogP contribution < -0.4 is 0 Å². The highest BCUT2D eigenvalue weighted by molar-refractivity contribution is 4.79. The van der Waals surface area contributed by atoms with Gasteiger partial charge in [-0.05, 0) is 39.7 Å². The van der Waals surface area contributed by atoms with Crippen molar-refractivity contribution in [3.63, 3.8) is 0 Å². The fraction of sp³-hybridized carbons (Fsp3) is 1.00. The number of aliphatic hydroxyl groups is 2. The van der Waals surface area contributed by atoms with Gasteiger partial charge < -0.3 is 15.1 Å². The van der Waals surface area contributed by atoms with Crippen LogP contribution in [0.5, 0.6) is 0 Å². The van der Waals surface area contributed by atoms with E-state index in [0.717, 1.165) is 38.9 Å². The lowest BCUT2D eigenvalue weighted by atomic mass is 9.98. The normalized spacial score (nSPS) is 34.2. The molecule has 3 heteroatoms. The number of hydrogen-bond acceptors (Lipinski definition) is 3. The van der Waals surface area contributed by atoms with Gasteiger partial charge in [0, 0.05) is 13.1 Å². The van der Waals surface area contributed by atoms with Crippen molar-refractivity contribution < 1.29 is 10.2 Å². The first-order valence-electron chi connectivity index (χ1n) is 5.12. The Balaban J connectivity index is 2.36. The molecular weight excluding hydrogens is 166 g/mol. The van der Waals surface area contributed by atoms with Crippen LogP contribution in [0.3, 0.4) is 0 Å². The van der Waals surface area contributed by atoms with Gasteiger partial charge in [0.05, 0.1) is 11.7 Å². The van der Waals surface area contributed by atoms with Crippen molar-refractivity contribution in [2.24, 2.45) is 0 Å². The first-order chi connectivity index (χ1) is 5.99. The van der Waals surface area contributed by atoms with Gasteiger partial charge in [-0.15, -0.1) is 0 Å². The van der Waals surface area contributed by atoms with E-state index >= 15 is 0 Å². The molecule has 0 spiro atoms. The molecule has 1 saturated heterocycles. The Labute approximate surface area is 80.4 Å². The van der Waals surface area contributed by atoms with Crippen LogP contribution in [0.2, 0.25) is 0 Å². The van der Waals surface area contributed by atoms with Gasteiger partial charge in [0.25, 0.3) is 0 Å². The van der Waals surface area contributed by atoms with E-state index in [4.69, 9.17) is 0 Å². The fourth-order valence-electron chi connectivity index (χ4n) is 1.88. The Morgan fingerprint density at radius 1 is 1.38 bits per heavy atom. The summed E-state index contributed by atoms with van der Waals surface area (Å²) in [7, 11) is 0. The van der Waals surface area contributed by atoms with Crippen LogP contribution in [0, 0.1) is 0 Å². The molecule has 1 aliphatic heterocycles. The molecule has 1 unspecified atom stereocenters. The first-order valence-corrected chi connectivity index (χ1v) is 5.12. The SMILES string of the molecule is C[C@H](O)CN1CCCC(C)(O)CC1. The van der Waals surface area contributed by atoms with Gasteiger partial charge in [-0.25, -0.2) is 0 Å². The number of β-amino-alcohol motifs (C(OH)–C–C–N with tert-alkyl or cyclic N) is 1. The molecule has 0 saturated carbocycles. The summed E-state index contributed by atoms with van der Waals surface area (Å²) in [5.41, 5.74) is -0.493. The maximum absolute atomic E-state index is 9.82. The van der Waals surface area contributed by atoms with Gasteiger partial charge in [-0.2, -0.15) is 0 Å². The Morgan fingerprint density at radius 3 is 2.69 bits per heavy atom. The van der Waals surface area contributed by atoms with Crippen LogP contribution in [0.15, 0.2) is 0 Å². The highest BCUT2D eigenvalue weighted by atomic mass is 16.3. The van der Waals surface area contributed by atoms with Gasteiger partial charge in [0.15, 0.2) is 0 Å². The Bertz CT molecular complexity index is 157. The van der Waals surface area contributed by atoms with Gasteiger partial charge in [-0.1, -0.05) is 0 Å². The van der Waals surface area contributed by atoms with Gasteiger partial charge >= 0.3 is 0 Å². The summed E-state index contributed by atoms with van der Waals surface area (Å²) < 4.78 is 0. The van der Waals surface area contributed by atoms with Gasteiger partial charge in [0.1, 0.15) is 0 Å². The van der Waals surface area contributed by atoms with Crippen LogP contribution >= 0.6 is 0 Å². The molecule has 1 fully saturated rings. The third-order valence-electron chi connectivity index (χ3n) is 2.68. The monoisotopic (exact) mass is 187 g/mol. The summed E-state index contributed by atoms with van der Waals surface area (Å²) in [6, 6.07) is 0. The van der Waals surface area contributed by atoms with Crippen molar-refractivity contribution in [2.45, 2.75) is 44.8 Å². The molecule has 0 amide bonds. The molecule has 13 heavy (non-hydrogen) atoms. The quantitative estimate of drug-likeness (QED) is 0.665. The molecule has 2 atom stereocenters. The van der Waals surface area contributed by atoms with Crippen molar-refractivity contribution in [2.75, 3.05) is 19.6 Å². The average molecular weight is 187 g/mol. The molecule has 1 rings (SSSR count). The van der Waals surface area contributed by atoms with Crippen molar-refractivity contribution in [3.05, 3.63) is 0 Å². The molecule has 0 aromatic carbocycles. The maximum Gasteiger partial charge on any atom is 0.0639 e. The number of likely N-dealkylation sites (tertiary alicyclic amines) is 1. The van der Waals surface area contributed by atoms with E-state index in [1.54, 1.807) is 0 Å². The van der Waals surface area contributed by atoms with E-state index in [0.29, 0.717) is 0 Å². The molecule has 0 aromatic rings. The number of nitrogens with zero attached hydrogens (tertiary/aromatic N) is 1. The lowest BCUT2D eigenvalue weighted by Gasteiger charge is -2.23. The van der Waals surface area contributed by atoms with Crippen LogP contribution in [-0.2, 0) is 0 Å². The van der Waals surface area contributed by atoms with Gasteiger partial charge in [0.2, 0.25) is 0 Å². The van der Waals surface area contributed by atoms with E-state index < -0.39 is 5.60 Å². The third-order valence-corrected chi connectivity index (χ3v) is 2.68. The minimum atomic E-state index is -0.493. The zero-order valence-electron chi connectivity index (χ0n) is 8.66. The molecule has 1 heterocycles. The molecule has 2 N–H and O–H groups in total. The minimum absolute atomic E-state index is 0.261. The van der Waals surface area contributed by atoms with Crippen molar-refractivity contribution in [1.29, 1.82) is 0 Å². The second-order valence-corrected chi connectivity index (χ2v) is 4.50. The Kier molecular flexibility index (Phi) is 3.71. The Morgan fingerprint density at radius 2 is 2.08 bits per heavy atom. The zero-order chi connectivity index (χ0) is 9.90. The summed E-state index contributed by atoms with van der Waals surface area (Å²) in [5.74, 6) is 0. The molecular formula is C10H21NO2. The van der Waals surface area contributed by atoms with E-state index in [-0.39, 0.29) is 6.10 Å². The molecule has 0 radical (unpaired) electrons. The summed E-state index contributed by atoms with van der Waals surface area (Å²) in [5, 5.41) is 19.0. The highest BCUT2D eigenvalue weighted by Gasteiger charge is 2.24. The smallest absolute Gasteiger partial charge is 0.0639 e. The lowest BCUT2D eigenvalue weighted by molar-refractivity contribution is 0.0426. The lowest BCUT2D eigenvalue weighted by Crippen LogP contribution is -2.33. The fourth-order valence-corrected chi connectivity index (χ4v) is 1.88. The van der Waals surface area contributed by atoms with Crippen LogP contribution in [0.25, 0.3) is 0 Å². The predicted molar refractivity (Wildman–Crippen MR) is 52.6 cm³/mol. The van der Waals surface area contributed by atoms with E-state index in [1.165, 1.54) is 0 Å². The van der Waals surface area contributed by atoms with E-state index in [2.05, 4.69) is 4.90 Å². The first kappa shape index (κ1) is 11.0. The molecule has 0 aromatic heterocycles. The van der Waals surface area contributed by atoms with Gasteiger partial charge in [-0.3, -0.25) is 0 Å². The van der Waals surface area contributed by atoms with Crippen molar-refractivity contribution in [1.82, 2.24) is 4.90 Å². The van der Waals surface area contributed by atoms with Crippen LogP contribution in [-0.4, -0.2) is 46.5 Å². The number of aliphatic hydroxyl groups excluding tert-OH is 1. The molecule has 78 valence electrons.